The molecular weight excluding hydrogens is 192 g/mol. The van der Waals surface area contributed by atoms with Crippen LogP contribution in [-0.4, -0.2) is 20.6 Å². The highest BCUT2D eigenvalue weighted by molar-refractivity contribution is 5.85. The molecule has 0 atom stereocenters. The van der Waals surface area contributed by atoms with Gasteiger partial charge in [0.2, 0.25) is 0 Å². The van der Waals surface area contributed by atoms with Crippen molar-refractivity contribution >= 4 is 18.4 Å². The van der Waals surface area contributed by atoms with Crippen LogP contribution < -0.4 is 0 Å². The molecule has 1 aromatic rings. The number of imidazole rings is 1. The summed E-state index contributed by atoms with van der Waals surface area (Å²) in [6.45, 7) is 0.854. The van der Waals surface area contributed by atoms with E-state index < -0.39 is 5.97 Å². The van der Waals surface area contributed by atoms with Crippen molar-refractivity contribution in [3.63, 3.8) is 0 Å². The van der Waals surface area contributed by atoms with Gasteiger partial charge in [0.1, 0.15) is 0 Å². The number of unbranched alkanes of at least 4 members (excludes halogenated alkanes) is 1. The molecular formula is C8H13ClN2O2. The molecule has 1 rings (SSSR count). The summed E-state index contributed by atoms with van der Waals surface area (Å²) in [6.07, 6.45) is 7.21. The fourth-order valence-electron chi connectivity index (χ4n) is 0.990. The van der Waals surface area contributed by atoms with Crippen LogP contribution in [0.25, 0.3) is 0 Å². The van der Waals surface area contributed by atoms with Crippen LogP contribution in [0.5, 0.6) is 0 Å². The van der Waals surface area contributed by atoms with E-state index in [-0.39, 0.29) is 18.8 Å². The molecule has 5 heteroatoms. The average Bonchev–Trinajstić information content (AvgIpc) is 2.49. The highest BCUT2D eigenvalue weighted by Gasteiger charge is 1.96. The van der Waals surface area contributed by atoms with Gasteiger partial charge in [-0.25, -0.2) is 4.98 Å². The van der Waals surface area contributed by atoms with Gasteiger partial charge in [-0.05, 0) is 12.8 Å². The number of rotatable bonds is 5. The number of hydrogen-bond acceptors (Lipinski definition) is 2. The first-order valence-electron chi connectivity index (χ1n) is 3.96. The number of aryl methyl sites for hydroxylation is 1. The van der Waals surface area contributed by atoms with Crippen molar-refractivity contribution in [1.82, 2.24) is 9.55 Å². The average molecular weight is 205 g/mol. The van der Waals surface area contributed by atoms with Gasteiger partial charge in [0.05, 0.1) is 6.33 Å². The van der Waals surface area contributed by atoms with Crippen molar-refractivity contribution in [2.75, 3.05) is 0 Å². The van der Waals surface area contributed by atoms with Gasteiger partial charge in [0.15, 0.2) is 0 Å². The minimum atomic E-state index is -0.722. The van der Waals surface area contributed by atoms with E-state index in [2.05, 4.69) is 4.98 Å². The molecule has 0 bridgehead atoms. The summed E-state index contributed by atoms with van der Waals surface area (Å²) in [5.41, 5.74) is 0. The lowest BCUT2D eigenvalue weighted by atomic mass is 10.2. The molecule has 4 nitrogen and oxygen atoms in total. The maximum atomic E-state index is 10.1. The number of aromatic nitrogens is 2. The summed E-state index contributed by atoms with van der Waals surface area (Å²) in [4.78, 5) is 14.0. The third kappa shape index (κ3) is 5.25. The summed E-state index contributed by atoms with van der Waals surface area (Å²) < 4.78 is 1.95. The molecule has 1 aromatic heterocycles. The summed E-state index contributed by atoms with van der Waals surface area (Å²) in [5.74, 6) is -0.722. The molecule has 74 valence electrons. The van der Waals surface area contributed by atoms with Gasteiger partial charge in [0.25, 0.3) is 0 Å². The largest absolute Gasteiger partial charge is 0.481 e. The van der Waals surface area contributed by atoms with Crippen LogP contribution in [0.4, 0.5) is 0 Å². The molecule has 0 fully saturated rings. The Kier molecular flexibility index (Phi) is 5.97. The molecule has 0 aliphatic heterocycles. The predicted molar refractivity (Wildman–Crippen MR) is 51.0 cm³/mol. The van der Waals surface area contributed by atoms with Crippen LogP contribution in [0.15, 0.2) is 18.7 Å². The number of carbonyl (C=O) groups is 1. The Bertz CT molecular complexity index is 236. The minimum absolute atomic E-state index is 0. The molecule has 13 heavy (non-hydrogen) atoms. The monoisotopic (exact) mass is 204 g/mol. The zero-order valence-corrected chi connectivity index (χ0v) is 8.04. The van der Waals surface area contributed by atoms with Crippen molar-refractivity contribution in [2.45, 2.75) is 25.8 Å². The number of halogens is 1. The summed E-state index contributed by atoms with van der Waals surface area (Å²) in [6, 6.07) is 0. The Morgan fingerprint density at radius 2 is 2.23 bits per heavy atom. The summed E-state index contributed by atoms with van der Waals surface area (Å²) in [5, 5.41) is 8.35. The van der Waals surface area contributed by atoms with Crippen LogP contribution >= 0.6 is 12.4 Å². The number of hydrogen-bond donors (Lipinski definition) is 1. The normalized spacial score (nSPS) is 9.23. The zero-order chi connectivity index (χ0) is 8.81. The molecule has 1 heterocycles. The lowest BCUT2D eigenvalue weighted by Gasteiger charge is -1.99. The summed E-state index contributed by atoms with van der Waals surface area (Å²) >= 11 is 0. The lowest BCUT2D eigenvalue weighted by Crippen LogP contribution is -1.98. The Morgan fingerprint density at radius 1 is 1.46 bits per heavy atom. The molecule has 1 N–H and O–H groups in total. The van der Waals surface area contributed by atoms with Gasteiger partial charge in [-0.2, -0.15) is 0 Å². The smallest absolute Gasteiger partial charge is 0.303 e. The van der Waals surface area contributed by atoms with E-state index in [1.54, 1.807) is 12.5 Å². The van der Waals surface area contributed by atoms with Gasteiger partial charge in [-0.15, -0.1) is 12.4 Å². The third-order valence-electron chi connectivity index (χ3n) is 1.62. The zero-order valence-electron chi connectivity index (χ0n) is 7.22. The fourth-order valence-corrected chi connectivity index (χ4v) is 0.990. The van der Waals surface area contributed by atoms with E-state index in [1.165, 1.54) is 0 Å². The van der Waals surface area contributed by atoms with E-state index in [0.717, 1.165) is 19.4 Å². The molecule has 0 aliphatic rings. The van der Waals surface area contributed by atoms with Gasteiger partial charge >= 0.3 is 5.97 Å². The van der Waals surface area contributed by atoms with Gasteiger partial charge in [-0.1, -0.05) is 0 Å². The molecule has 0 aromatic carbocycles. The van der Waals surface area contributed by atoms with Crippen LogP contribution in [-0.2, 0) is 11.3 Å². The standard InChI is InChI=1S/C8H12N2O2.ClH/c11-8(12)3-1-2-5-10-6-4-9-7-10;/h4,6-7H,1-3,5H2,(H,11,12);1H. The first kappa shape index (κ1) is 12.0. The topological polar surface area (TPSA) is 55.1 Å². The van der Waals surface area contributed by atoms with Crippen molar-refractivity contribution in [3.05, 3.63) is 18.7 Å². The molecule has 0 radical (unpaired) electrons. The van der Waals surface area contributed by atoms with Crippen molar-refractivity contribution in [2.24, 2.45) is 0 Å². The molecule has 0 spiro atoms. The van der Waals surface area contributed by atoms with Crippen LogP contribution in [0, 0.1) is 0 Å². The second-order valence-electron chi connectivity index (χ2n) is 2.65. The van der Waals surface area contributed by atoms with Gasteiger partial charge in [-0.3, -0.25) is 4.79 Å². The molecule has 0 aliphatic carbocycles. The number of carboxylic acids is 1. The van der Waals surface area contributed by atoms with Crippen molar-refractivity contribution < 1.29 is 9.90 Å². The molecule has 0 saturated heterocycles. The van der Waals surface area contributed by atoms with Crippen molar-refractivity contribution in [3.8, 4) is 0 Å². The summed E-state index contributed by atoms with van der Waals surface area (Å²) in [7, 11) is 0. The number of carboxylic acid groups (broad SMARTS) is 1. The van der Waals surface area contributed by atoms with Gasteiger partial charge < -0.3 is 9.67 Å². The maximum absolute atomic E-state index is 10.1. The van der Waals surface area contributed by atoms with E-state index in [9.17, 15) is 4.79 Å². The Balaban J connectivity index is 0.00000144. The van der Waals surface area contributed by atoms with Crippen LogP contribution in [0.2, 0.25) is 0 Å². The fraction of sp³-hybridized carbons (Fsp3) is 0.500. The Hall–Kier alpha value is -1.03. The second kappa shape index (κ2) is 6.48. The predicted octanol–water partition coefficient (Wildman–Crippen LogP) is 1.56. The minimum Gasteiger partial charge on any atom is -0.481 e. The first-order chi connectivity index (χ1) is 5.79. The van der Waals surface area contributed by atoms with E-state index in [1.807, 2.05) is 10.8 Å². The Labute approximate surface area is 83.0 Å². The van der Waals surface area contributed by atoms with E-state index in [0.29, 0.717) is 0 Å². The lowest BCUT2D eigenvalue weighted by molar-refractivity contribution is -0.137. The molecule has 0 saturated carbocycles. The highest BCUT2D eigenvalue weighted by Crippen LogP contribution is 1.98. The second-order valence-corrected chi connectivity index (χ2v) is 2.65. The van der Waals surface area contributed by atoms with E-state index in [4.69, 9.17) is 5.11 Å². The van der Waals surface area contributed by atoms with E-state index >= 15 is 0 Å². The SMILES string of the molecule is Cl.O=C(O)CCCCn1ccnc1. The van der Waals surface area contributed by atoms with Gasteiger partial charge in [0, 0.05) is 25.4 Å². The molecule has 0 amide bonds. The third-order valence-corrected chi connectivity index (χ3v) is 1.62. The van der Waals surface area contributed by atoms with Crippen LogP contribution in [0.3, 0.4) is 0 Å². The number of nitrogens with zero attached hydrogens (tertiary/aromatic N) is 2. The first-order valence-corrected chi connectivity index (χ1v) is 3.96. The highest BCUT2D eigenvalue weighted by atomic mass is 35.5. The maximum Gasteiger partial charge on any atom is 0.303 e. The number of aliphatic carboxylic acids is 1. The molecule has 0 unspecified atom stereocenters. The quantitative estimate of drug-likeness (QED) is 0.741. The Morgan fingerprint density at radius 3 is 2.77 bits per heavy atom. The van der Waals surface area contributed by atoms with Crippen molar-refractivity contribution in [1.29, 1.82) is 0 Å². The van der Waals surface area contributed by atoms with Crippen LogP contribution in [0.1, 0.15) is 19.3 Å².